The van der Waals surface area contributed by atoms with Crippen molar-refractivity contribution < 1.29 is 13.9 Å². The maximum atomic E-state index is 12.9. The van der Waals surface area contributed by atoms with Crippen LogP contribution in [0.4, 0.5) is 10.1 Å². The highest BCUT2D eigenvalue weighted by atomic mass is 19.1. The van der Waals surface area contributed by atoms with Gasteiger partial charge in [0.05, 0.1) is 0 Å². The molecule has 0 aliphatic carbocycles. The van der Waals surface area contributed by atoms with E-state index in [2.05, 4.69) is 20.3 Å². The fourth-order valence-corrected chi connectivity index (χ4v) is 2.45. The second-order valence-corrected chi connectivity index (χ2v) is 5.77. The number of nitrogens with zero attached hydrogens (tertiary/aromatic N) is 4. The Morgan fingerprint density at radius 1 is 1.04 bits per heavy atom. The van der Waals surface area contributed by atoms with Gasteiger partial charge in [-0.2, -0.15) is 0 Å². The molecule has 2 aromatic carbocycles. The van der Waals surface area contributed by atoms with Crippen molar-refractivity contribution >= 4 is 11.6 Å². The molecule has 0 saturated carbocycles. The molecule has 0 saturated heterocycles. The van der Waals surface area contributed by atoms with Crippen LogP contribution in [0.1, 0.15) is 10.4 Å². The van der Waals surface area contributed by atoms with Gasteiger partial charge in [0.1, 0.15) is 30.0 Å². The van der Waals surface area contributed by atoms with Crippen LogP contribution in [-0.2, 0) is 0 Å². The molecule has 0 aliphatic rings. The lowest BCUT2D eigenvalue weighted by Crippen LogP contribution is -2.11. The molecule has 0 fully saturated rings. The lowest BCUT2D eigenvalue weighted by atomic mass is 10.2. The van der Waals surface area contributed by atoms with Crippen molar-refractivity contribution in [2.75, 3.05) is 5.32 Å². The highest BCUT2D eigenvalue weighted by Gasteiger charge is 2.07. The van der Waals surface area contributed by atoms with Gasteiger partial charge in [-0.1, -0.05) is 0 Å². The van der Waals surface area contributed by atoms with Gasteiger partial charge in [-0.25, -0.2) is 19.3 Å². The number of anilines is 1. The smallest absolute Gasteiger partial charge is 0.255 e. The molecule has 7 nitrogen and oxygen atoms in total. The quantitative estimate of drug-likeness (QED) is 0.573. The van der Waals surface area contributed by atoms with Crippen molar-refractivity contribution in [3.05, 3.63) is 91.0 Å². The average Bonchev–Trinajstić information content (AvgIpc) is 3.25. The minimum atomic E-state index is -0.390. The highest BCUT2D eigenvalue weighted by Crippen LogP contribution is 2.22. The zero-order valence-corrected chi connectivity index (χ0v) is 14.5. The van der Waals surface area contributed by atoms with Gasteiger partial charge in [0.25, 0.3) is 5.91 Å². The number of benzene rings is 2. The summed E-state index contributed by atoms with van der Waals surface area (Å²) in [5.74, 6) is 0.843. The van der Waals surface area contributed by atoms with Crippen LogP contribution in [0.3, 0.4) is 0 Å². The first-order valence-electron chi connectivity index (χ1n) is 8.32. The number of hydrogen-bond acceptors (Lipinski definition) is 5. The standard InChI is InChI=1S/C20H14FN5O2/c21-15-3-1-14(2-4-15)20(27)25-16-5-7-17(8-6-16)28-19-11-18(23-12-24-19)26-10-9-22-13-26/h1-13H,(H,25,27). The summed E-state index contributed by atoms with van der Waals surface area (Å²) in [6.07, 6.45) is 6.46. The fourth-order valence-electron chi connectivity index (χ4n) is 2.45. The van der Waals surface area contributed by atoms with E-state index in [1.165, 1.54) is 30.6 Å². The monoisotopic (exact) mass is 375 g/mol. The van der Waals surface area contributed by atoms with Gasteiger partial charge in [0.15, 0.2) is 0 Å². The number of ether oxygens (including phenoxy) is 1. The van der Waals surface area contributed by atoms with Crippen molar-refractivity contribution in [3.8, 4) is 17.4 Å². The minimum absolute atomic E-state index is 0.325. The summed E-state index contributed by atoms with van der Waals surface area (Å²) in [4.78, 5) is 24.4. The summed E-state index contributed by atoms with van der Waals surface area (Å²) in [5, 5.41) is 2.74. The van der Waals surface area contributed by atoms with E-state index in [0.717, 1.165) is 0 Å². The Kier molecular flexibility index (Phi) is 4.75. The zero-order valence-electron chi connectivity index (χ0n) is 14.5. The second-order valence-electron chi connectivity index (χ2n) is 5.77. The van der Waals surface area contributed by atoms with Gasteiger partial charge in [-0.15, -0.1) is 0 Å². The first-order chi connectivity index (χ1) is 13.7. The maximum absolute atomic E-state index is 12.9. The van der Waals surface area contributed by atoms with Gasteiger partial charge in [0, 0.05) is 29.7 Å². The molecule has 4 rings (SSSR count). The SMILES string of the molecule is O=C(Nc1ccc(Oc2cc(-n3ccnc3)ncn2)cc1)c1ccc(F)cc1. The van der Waals surface area contributed by atoms with E-state index in [4.69, 9.17) is 4.74 Å². The summed E-state index contributed by atoms with van der Waals surface area (Å²) < 4.78 is 20.4. The molecule has 1 N–H and O–H groups in total. The molecule has 0 unspecified atom stereocenters. The van der Waals surface area contributed by atoms with Crippen molar-refractivity contribution in [1.29, 1.82) is 0 Å². The van der Waals surface area contributed by atoms with E-state index < -0.39 is 0 Å². The van der Waals surface area contributed by atoms with Crippen molar-refractivity contribution in [2.45, 2.75) is 0 Å². The number of halogens is 1. The van der Waals surface area contributed by atoms with Crippen LogP contribution < -0.4 is 10.1 Å². The van der Waals surface area contributed by atoms with Crippen LogP contribution in [0, 0.1) is 5.82 Å². The Morgan fingerprint density at radius 3 is 2.54 bits per heavy atom. The molecule has 1 amide bonds. The first-order valence-corrected chi connectivity index (χ1v) is 8.32. The van der Waals surface area contributed by atoms with Crippen LogP contribution in [0.2, 0.25) is 0 Å². The Hall–Kier alpha value is -4.07. The normalized spacial score (nSPS) is 10.5. The second kappa shape index (κ2) is 7.67. The van der Waals surface area contributed by atoms with Crippen molar-refractivity contribution in [2.24, 2.45) is 0 Å². The molecule has 8 heteroatoms. The fraction of sp³-hybridized carbons (Fsp3) is 0. The third-order valence-corrected chi connectivity index (χ3v) is 3.84. The number of nitrogens with one attached hydrogen (secondary N) is 1. The maximum Gasteiger partial charge on any atom is 0.255 e. The topological polar surface area (TPSA) is 81.9 Å². The summed E-state index contributed by atoms with van der Waals surface area (Å²) in [6.45, 7) is 0. The van der Waals surface area contributed by atoms with E-state index in [-0.39, 0.29) is 11.7 Å². The number of rotatable bonds is 5. The zero-order chi connectivity index (χ0) is 19.3. The van der Waals surface area contributed by atoms with Crippen LogP contribution in [0.25, 0.3) is 5.82 Å². The molecule has 0 spiro atoms. The van der Waals surface area contributed by atoms with Gasteiger partial charge < -0.3 is 10.1 Å². The van der Waals surface area contributed by atoms with Crippen LogP contribution in [0.15, 0.2) is 79.6 Å². The molecule has 0 aliphatic heterocycles. The Morgan fingerprint density at radius 2 is 1.82 bits per heavy atom. The summed E-state index contributed by atoms with van der Waals surface area (Å²) in [6, 6.07) is 13.8. The number of imidazole rings is 1. The van der Waals surface area contributed by atoms with Gasteiger partial charge >= 0.3 is 0 Å². The van der Waals surface area contributed by atoms with Crippen LogP contribution in [-0.4, -0.2) is 25.4 Å². The third-order valence-electron chi connectivity index (χ3n) is 3.84. The first kappa shape index (κ1) is 17.3. The summed E-state index contributed by atoms with van der Waals surface area (Å²) in [7, 11) is 0. The number of aromatic nitrogens is 4. The summed E-state index contributed by atoms with van der Waals surface area (Å²) >= 11 is 0. The molecular formula is C20H14FN5O2. The van der Waals surface area contributed by atoms with E-state index >= 15 is 0 Å². The molecule has 0 radical (unpaired) electrons. The predicted octanol–water partition coefficient (Wildman–Crippen LogP) is 3.85. The molecule has 0 atom stereocenters. The Bertz CT molecular complexity index is 1080. The van der Waals surface area contributed by atoms with Crippen molar-refractivity contribution in [3.63, 3.8) is 0 Å². The van der Waals surface area contributed by atoms with Crippen molar-refractivity contribution in [1.82, 2.24) is 19.5 Å². The average molecular weight is 375 g/mol. The lowest BCUT2D eigenvalue weighted by Gasteiger charge is -2.08. The van der Waals surface area contributed by atoms with Gasteiger partial charge in [0.2, 0.25) is 5.88 Å². The number of carbonyl (C=O) groups is 1. The van der Waals surface area contributed by atoms with Gasteiger partial charge in [-0.05, 0) is 48.5 Å². The minimum Gasteiger partial charge on any atom is -0.439 e. The number of hydrogen-bond donors (Lipinski definition) is 1. The Balaban J connectivity index is 1.43. The van der Waals surface area contributed by atoms with Crippen LogP contribution >= 0.6 is 0 Å². The molecular weight excluding hydrogens is 361 g/mol. The van der Waals surface area contributed by atoms with E-state index in [1.807, 2.05) is 0 Å². The number of carbonyl (C=O) groups excluding carboxylic acids is 1. The highest BCUT2D eigenvalue weighted by molar-refractivity contribution is 6.04. The molecule has 0 bridgehead atoms. The van der Waals surface area contributed by atoms with E-state index in [1.54, 1.807) is 53.6 Å². The lowest BCUT2D eigenvalue weighted by molar-refractivity contribution is 0.102. The molecule has 2 aromatic heterocycles. The van der Waals surface area contributed by atoms with E-state index in [0.29, 0.717) is 28.7 Å². The molecule has 138 valence electrons. The molecule has 2 heterocycles. The third kappa shape index (κ3) is 4.01. The van der Waals surface area contributed by atoms with E-state index in [9.17, 15) is 9.18 Å². The molecule has 4 aromatic rings. The molecule has 28 heavy (non-hydrogen) atoms. The largest absolute Gasteiger partial charge is 0.439 e. The van der Waals surface area contributed by atoms with Gasteiger partial charge in [-0.3, -0.25) is 9.36 Å². The predicted molar refractivity (Wildman–Crippen MR) is 100 cm³/mol. The number of amides is 1. The summed E-state index contributed by atoms with van der Waals surface area (Å²) in [5.41, 5.74) is 0.957. The van der Waals surface area contributed by atoms with Crippen LogP contribution in [0.5, 0.6) is 11.6 Å². The Labute approximate surface area is 159 Å².